The molecular formula is C33H40N4O8. The van der Waals surface area contributed by atoms with Gasteiger partial charge < -0.3 is 25.6 Å². The predicted molar refractivity (Wildman–Crippen MR) is 167 cm³/mol. The van der Waals surface area contributed by atoms with Crippen molar-refractivity contribution < 1.29 is 38.9 Å². The maximum absolute atomic E-state index is 14.3. The fraction of sp³-hybridized carbons (Fsp3) is 0.394. The number of nitrogens with one attached hydrogen (secondary N) is 2. The molecule has 0 aliphatic carbocycles. The number of hydrogen-bond donors (Lipinski definition) is 4. The van der Waals surface area contributed by atoms with Crippen molar-refractivity contribution in [1.29, 1.82) is 0 Å². The number of rotatable bonds is 13. The van der Waals surface area contributed by atoms with Crippen LogP contribution in [0.4, 0.5) is 10.6 Å². The third kappa shape index (κ3) is 10.0. The largest absolute Gasteiger partial charge is 0.481 e. The molecule has 0 bridgehead atoms. The first-order valence-corrected chi connectivity index (χ1v) is 14.6. The van der Waals surface area contributed by atoms with Crippen LogP contribution in [0.5, 0.6) is 0 Å². The quantitative estimate of drug-likeness (QED) is 0.216. The standard InChI is InChI=1S/C33H40N4O8/c1-20(2)28(31(42)43)37(26-16-15-22-13-9-10-14-23(22)34-26)30(41)25(18-33(3,4)5)35-29(40)24(17-27(38)39)36-32(44)45-19-21-11-7-6-8-12-21/h6-16,20,24-25,28H,17-19H2,1-5H3,(H,35,40)(H,36,44)(H,38,39)(H,42,43)/t24-,25-,28-/m0/s1. The normalized spacial score (nSPS) is 13.4. The number of aliphatic carboxylic acids is 2. The molecule has 1 heterocycles. The van der Waals surface area contributed by atoms with E-state index >= 15 is 0 Å². The number of benzene rings is 2. The molecule has 12 heteroatoms. The summed E-state index contributed by atoms with van der Waals surface area (Å²) in [5.41, 5.74) is 0.678. The first kappa shape index (κ1) is 34.5. The van der Waals surface area contributed by atoms with E-state index in [1.54, 1.807) is 68.4 Å². The number of nitrogens with zero attached hydrogens (tertiary/aromatic N) is 2. The fourth-order valence-corrected chi connectivity index (χ4v) is 4.82. The van der Waals surface area contributed by atoms with Gasteiger partial charge in [-0.15, -0.1) is 0 Å². The predicted octanol–water partition coefficient (Wildman–Crippen LogP) is 4.37. The van der Waals surface area contributed by atoms with Gasteiger partial charge in [0.2, 0.25) is 5.91 Å². The molecule has 2 aromatic carbocycles. The summed E-state index contributed by atoms with van der Waals surface area (Å²) < 4.78 is 5.17. The van der Waals surface area contributed by atoms with Crippen molar-refractivity contribution in [1.82, 2.24) is 15.6 Å². The van der Waals surface area contributed by atoms with E-state index in [-0.39, 0.29) is 18.8 Å². The second-order valence-electron chi connectivity index (χ2n) is 12.3. The van der Waals surface area contributed by atoms with Crippen molar-refractivity contribution in [3.63, 3.8) is 0 Å². The summed E-state index contributed by atoms with van der Waals surface area (Å²) in [5.74, 6) is -4.79. The van der Waals surface area contributed by atoms with Crippen molar-refractivity contribution in [3.8, 4) is 0 Å². The van der Waals surface area contributed by atoms with E-state index in [4.69, 9.17) is 4.74 Å². The first-order chi connectivity index (χ1) is 21.2. The molecule has 0 spiro atoms. The van der Waals surface area contributed by atoms with E-state index in [1.165, 1.54) is 0 Å². The molecule has 12 nitrogen and oxygen atoms in total. The molecule has 0 radical (unpaired) electrons. The smallest absolute Gasteiger partial charge is 0.408 e. The monoisotopic (exact) mass is 620 g/mol. The van der Waals surface area contributed by atoms with Crippen LogP contribution in [0.2, 0.25) is 0 Å². The van der Waals surface area contributed by atoms with E-state index in [9.17, 15) is 34.2 Å². The van der Waals surface area contributed by atoms with Crippen LogP contribution in [-0.4, -0.2) is 63.2 Å². The molecule has 0 aliphatic rings. The number of alkyl carbamates (subject to hydrolysis) is 1. The van der Waals surface area contributed by atoms with E-state index in [0.29, 0.717) is 11.1 Å². The number of pyridine rings is 1. The zero-order valence-corrected chi connectivity index (χ0v) is 26.0. The van der Waals surface area contributed by atoms with Gasteiger partial charge in [0.1, 0.15) is 30.6 Å². The summed E-state index contributed by atoms with van der Waals surface area (Å²) in [4.78, 5) is 70.2. The summed E-state index contributed by atoms with van der Waals surface area (Å²) in [5, 5.41) is 25.4. The number of carboxylic acid groups (broad SMARTS) is 2. The molecule has 240 valence electrons. The number of para-hydroxylation sites is 1. The third-order valence-corrected chi connectivity index (χ3v) is 6.86. The van der Waals surface area contributed by atoms with E-state index in [2.05, 4.69) is 15.6 Å². The second-order valence-corrected chi connectivity index (χ2v) is 12.3. The van der Waals surface area contributed by atoms with Crippen LogP contribution >= 0.6 is 0 Å². The molecule has 0 saturated heterocycles. The van der Waals surface area contributed by atoms with Gasteiger partial charge in [-0.25, -0.2) is 14.6 Å². The van der Waals surface area contributed by atoms with Crippen LogP contribution in [0.15, 0.2) is 66.7 Å². The molecule has 3 aromatic rings. The summed E-state index contributed by atoms with van der Waals surface area (Å²) >= 11 is 0. The molecule has 4 N–H and O–H groups in total. The minimum absolute atomic E-state index is 0.0599. The lowest BCUT2D eigenvalue weighted by atomic mass is 9.87. The van der Waals surface area contributed by atoms with Crippen LogP contribution < -0.4 is 15.5 Å². The van der Waals surface area contributed by atoms with Gasteiger partial charge in [0.15, 0.2) is 0 Å². The number of ether oxygens (including phenoxy) is 1. The Kier molecular flexibility index (Phi) is 11.6. The lowest BCUT2D eigenvalue weighted by Crippen LogP contribution is -2.59. The minimum Gasteiger partial charge on any atom is -0.481 e. The van der Waals surface area contributed by atoms with E-state index < -0.39 is 65.7 Å². The molecule has 0 saturated carbocycles. The molecular weight excluding hydrogens is 580 g/mol. The van der Waals surface area contributed by atoms with Crippen molar-refractivity contribution >= 4 is 46.6 Å². The maximum Gasteiger partial charge on any atom is 0.408 e. The minimum atomic E-state index is -1.59. The number of fused-ring (bicyclic) bond motifs is 1. The van der Waals surface area contributed by atoms with E-state index in [1.807, 2.05) is 32.9 Å². The maximum atomic E-state index is 14.3. The zero-order valence-electron chi connectivity index (χ0n) is 26.0. The van der Waals surface area contributed by atoms with Gasteiger partial charge in [0.05, 0.1) is 11.9 Å². The highest BCUT2D eigenvalue weighted by Crippen LogP contribution is 2.28. The molecule has 45 heavy (non-hydrogen) atoms. The highest BCUT2D eigenvalue weighted by atomic mass is 16.5. The van der Waals surface area contributed by atoms with E-state index in [0.717, 1.165) is 10.3 Å². The molecule has 3 rings (SSSR count). The highest BCUT2D eigenvalue weighted by Gasteiger charge is 2.40. The number of carboxylic acids is 2. The Morgan fingerprint density at radius 3 is 2.11 bits per heavy atom. The molecule has 1 aromatic heterocycles. The Labute approximate surface area is 261 Å². The Morgan fingerprint density at radius 2 is 1.51 bits per heavy atom. The highest BCUT2D eigenvalue weighted by molar-refractivity contribution is 6.04. The van der Waals surface area contributed by atoms with Crippen molar-refractivity contribution in [2.75, 3.05) is 4.90 Å². The lowest BCUT2D eigenvalue weighted by Gasteiger charge is -2.36. The summed E-state index contributed by atoms with van der Waals surface area (Å²) in [6, 6.07) is 15.0. The molecule has 0 fully saturated rings. The topological polar surface area (TPSA) is 175 Å². The van der Waals surface area contributed by atoms with Gasteiger partial charge in [-0.2, -0.15) is 0 Å². The number of carbonyl (C=O) groups excluding carboxylic acids is 3. The number of aromatic nitrogens is 1. The zero-order chi connectivity index (χ0) is 33.3. The Hall–Kier alpha value is -5.00. The average molecular weight is 621 g/mol. The van der Waals surface area contributed by atoms with Crippen LogP contribution in [0.1, 0.15) is 53.0 Å². The van der Waals surface area contributed by atoms with Crippen LogP contribution in [-0.2, 0) is 30.5 Å². The third-order valence-electron chi connectivity index (χ3n) is 6.86. The van der Waals surface area contributed by atoms with Gasteiger partial charge >= 0.3 is 18.0 Å². The van der Waals surface area contributed by atoms with Crippen molar-refractivity contribution in [2.45, 2.75) is 72.2 Å². The fourth-order valence-electron chi connectivity index (χ4n) is 4.82. The Bertz CT molecular complexity index is 1520. The van der Waals surface area contributed by atoms with Gasteiger partial charge in [-0.1, -0.05) is 83.1 Å². The molecule has 3 amide bonds. The van der Waals surface area contributed by atoms with Crippen molar-refractivity contribution in [2.24, 2.45) is 11.3 Å². The Balaban J connectivity index is 1.95. The van der Waals surface area contributed by atoms with Crippen molar-refractivity contribution in [3.05, 3.63) is 72.3 Å². The molecule has 3 atom stereocenters. The van der Waals surface area contributed by atoms with Gasteiger partial charge in [0, 0.05) is 5.39 Å². The summed E-state index contributed by atoms with van der Waals surface area (Å²) in [7, 11) is 0. The Morgan fingerprint density at radius 1 is 0.867 bits per heavy atom. The number of anilines is 1. The SMILES string of the molecule is CC(C)[C@@H](C(=O)O)N(C(=O)[C@H](CC(C)(C)C)NC(=O)[C@H](CC(=O)O)NC(=O)OCc1ccccc1)c1ccc2ccccc2n1. The summed E-state index contributed by atoms with van der Waals surface area (Å²) in [6.07, 6.45) is -1.75. The van der Waals surface area contributed by atoms with Gasteiger partial charge in [-0.05, 0) is 41.5 Å². The molecule has 0 unspecified atom stereocenters. The number of carbonyl (C=O) groups is 5. The lowest BCUT2D eigenvalue weighted by molar-refractivity contribution is -0.142. The first-order valence-electron chi connectivity index (χ1n) is 14.6. The van der Waals surface area contributed by atoms with Crippen LogP contribution in [0.3, 0.4) is 0 Å². The number of amides is 3. The average Bonchev–Trinajstić information content (AvgIpc) is 2.96. The number of hydrogen-bond acceptors (Lipinski definition) is 7. The van der Waals surface area contributed by atoms with Crippen LogP contribution in [0, 0.1) is 11.3 Å². The van der Waals surface area contributed by atoms with Crippen LogP contribution in [0.25, 0.3) is 10.9 Å². The van der Waals surface area contributed by atoms with Gasteiger partial charge in [-0.3, -0.25) is 19.3 Å². The second kappa shape index (κ2) is 15.1. The molecule has 0 aliphatic heterocycles. The van der Waals surface area contributed by atoms with Gasteiger partial charge in [0.25, 0.3) is 5.91 Å². The summed E-state index contributed by atoms with van der Waals surface area (Å²) in [6.45, 7) is 8.71.